The molecule has 0 aliphatic heterocycles. The van der Waals surface area contributed by atoms with E-state index in [9.17, 15) is 13.2 Å². The van der Waals surface area contributed by atoms with E-state index in [1.54, 1.807) is 31.3 Å². The number of nitrogens with zero attached hydrogens (tertiary/aromatic N) is 1. The van der Waals surface area contributed by atoms with Gasteiger partial charge in [-0.2, -0.15) is 0 Å². The predicted molar refractivity (Wildman–Crippen MR) is 120 cm³/mol. The van der Waals surface area contributed by atoms with E-state index >= 15 is 0 Å². The van der Waals surface area contributed by atoms with Crippen molar-refractivity contribution in [3.63, 3.8) is 0 Å². The van der Waals surface area contributed by atoms with E-state index in [0.717, 1.165) is 35.6 Å². The van der Waals surface area contributed by atoms with Gasteiger partial charge >= 0.3 is 0 Å². The molecule has 1 aliphatic carbocycles. The molecular formula is C22H24ClN3O3S. The summed E-state index contributed by atoms with van der Waals surface area (Å²) in [7, 11) is -1.79. The topological polar surface area (TPSA) is 80.2 Å². The van der Waals surface area contributed by atoms with Crippen LogP contribution < -0.4 is 10.0 Å². The fourth-order valence-electron chi connectivity index (χ4n) is 4.15. The van der Waals surface area contributed by atoms with Gasteiger partial charge in [-0.15, -0.1) is 0 Å². The minimum absolute atomic E-state index is 0.115. The van der Waals surface area contributed by atoms with Crippen molar-refractivity contribution < 1.29 is 13.2 Å². The molecule has 0 spiro atoms. The highest BCUT2D eigenvalue weighted by molar-refractivity contribution is 7.92. The molecule has 8 heteroatoms. The quantitative estimate of drug-likeness (QED) is 0.577. The Kier molecular flexibility index (Phi) is 5.28. The van der Waals surface area contributed by atoms with Crippen LogP contribution in [0.2, 0.25) is 5.02 Å². The summed E-state index contributed by atoms with van der Waals surface area (Å²) >= 11 is 6.12. The lowest BCUT2D eigenvalue weighted by molar-refractivity contribution is -0.127. The van der Waals surface area contributed by atoms with Crippen LogP contribution in [0.25, 0.3) is 10.9 Å². The lowest BCUT2D eigenvalue weighted by atomic mass is 9.83. The van der Waals surface area contributed by atoms with Crippen LogP contribution in [0.3, 0.4) is 0 Å². The molecule has 4 rings (SSSR count). The van der Waals surface area contributed by atoms with Crippen molar-refractivity contribution in [3.8, 4) is 0 Å². The SMILES string of the molecule is CNC(=O)C(CC1CC1)(c1ccc(Cl)cc1)n1ccc2c(NS(C)(=O)=O)cccc21. The van der Waals surface area contributed by atoms with E-state index in [0.29, 0.717) is 23.0 Å². The van der Waals surface area contributed by atoms with Crippen molar-refractivity contribution in [1.29, 1.82) is 0 Å². The van der Waals surface area contributed by atoms with Gasteiger partial charge in [0.05, 0.1) is 17.5 Å². The Balaban J connectivity index is 1.97. The van der Waals surface area contributed by atoms with Gasteiger partial charge < -0.3 is 9.88 Å². The van der Waals surface area contributed by atoms with Crippen molar-refractivity contribution in [2.45, 2.75) is 24.8 Å². The zero-order chi connectivity index (χ0) is 21.5. The van der Waals surface area contributed by atoms with Gasteiger partial charge in [0.1, 0.15) is 5.54 Å². The van der Waals surface area contributed by atoms with Gasteiger partial charge in [-0.05, 0) is 48.2 Å². The minimum atomic E-state index is -3.43. The van der Waals surface area contributed by atoms with Crippen LogP contribution in [-0.2, 0) is 20.4 Å². The van der Waals surface area contributed by atoms with Gasteiger partial charge in [-0.3, -0.25) is 9.52 Å². The third-order valence-corrected chi connectivity index (χ3v) is 6.49. The molecular weight excluding hydrogens is 422 g/mol. The third-order valence-electron chi connectivity index (χ3n) is 5.65. The van der Waals surface area contributed by atoms with Crippen LogP contribution in [-0.4, -0.2) is 32.2 Å². The number of likely N-dealkylation sites (N-methyl/N-ethyl adjacent to an activating group) is 1. The number of anilines is 1. The van der Waals surface area contributed by atoms with Crippen molar-refractivity contribution in [1.82, 2.24) is 9.88 Å². The Morgan fingerprint density at radius 1 is 1.17 bits per heavy atom. The predicted octanol–water partition coefficient (Wildman–Crippen LogP) is 3.96. The molecule has 6 nitrogen and oxygen atoms in total. The molecule has 3 aromatic rings. The summed E-state index contributed by atoms with van der Waals surface area (Å²) in [5, 5.41) is 4.20. The Hall–Kier alpha value is -2.51. The second kappa shape index (κ2) is 7.63. The maximum Gasteiger partial charge on any atom is 0.250 e. The van der Waals surface area contributed by atoms with Crippen LogP contribution in [0, 0.1) is 5.92 Å². The van der Waals surface area contributed by atoms with Crippen LogP contribution in [0.1, 0.15) is 24.8 Å². The van der Waals surface area contributed by atoms with Crippen molar-refractivity contribution in [2.24, 2.45) is 5.92 Å². The molecule has 1 fully saturated rings. The summed E-state index contributed by atoms with van der Waals surface area (Å²) in [6, 6.07) is 14.6. The molecule has 2 N–H and O–H groups in total. The molecule has 0 saturated heterocycles. The Bertz CT molecular complexity index is 1200. The van der Waals surface area contributed by atoms with E-state index in [1.165, 1.54) is 0 Å². The van der Waals surface area contributed by atoms with Gasteiger partial charge in [0.25, 0.3) is 5.91 Å². The summed E-state index contributed by atoms with van der Waals surface area (Å²) in [5.41, 5.74) is 1.15. The zero-order valence-electron chi connectivity index (χ0n) is 16.9. The van der Waals surface area contributed by atoms with Gasteiger partial charge in [0.15, 0.2) is 0 Å². The molecule has 1 aliphatic rings. The number of amides is 1. The monoisotopic (exact) mass is 445 g/mol. The number of benzene rings is 2. The van der Waals surface area contributed by atoms with Crippen molar-refractivity contribution >= 4 is 44.1 Å². The third kappa shape index (κ3) is 3.79. The maximum atomic E-state index is 13.5. The first-order valence-electron chi connectivity index (χ1n) is 9.81. The number of fused-ring (bicyclic) bond motifs is 1. The average molecular weight is 446 g/mol. The number of carbonyl (C=O) groups excluding carboxylic acids is 1. The van der Waals surface area contributed by atoms with Crippen molar-refractivity contribution in [3.05, 3.63) is 65.3 Å². The fraction of sp³-hybridized carbons (Fsp3) is 0.318. The number of sulfonamides is 1. The Labute approximate surface area is 181 Å². The lowest BCUT2D eigenvalue weighted by Gasteiger charge is -2.35. The lowest BCUT2D eigenvalue weighted by Crippen LogP contribution is -2.48. The van der Waals surface area contributed by atoms with Gasteiger partial charge in [-0.25, -0.2) is 8.42 Å². The molecule has 1 unspecified atom stereocenters. The molecule has 0 radical (unpaired) electrons. The van der Waals surface area contributed by atoms with Crippen molar-refractivity contribution in [2.75, 3.05) is 18.0 Å². The average Bonchev–Trinajstić information content (AvgIpc) is 3.41. The second-order valence-corrected chi connectivity index (χ2v) is 10.1. The molecule has 1 amide bonds. The molecule has 1 atom stereocenters. The second-order valence-electron chi connectivity index (χ2n) is 7.89. The normalized spacial score (nSPS) is 16.2. The molecule has 30 heavy (non-hydrogen) atoms. The highest BCUT2D eigenvalue weighted by Crippen LogP contribution is 2.45. The highest BCUT2D eigenvalue weighted by atomic mass is 35.5. The van der Waals surface area contributed by atoms with Crippen LogP contribution in [0.5, 0.6) is 0 Å². The first-order valence-corrected chi connectivity index (χ1v) is 12.1. The summed E-state index contributed by atoms with van der Waals surface area (Å²) in [5.74, 6) is 0.337. The molecule has 2 aromatic carbocycles. The summed E-state index contributed by atoms with van der Waals surface area (Å²) < 4.78 is 28.2. The first kappa shape index (κ1) is 20.8. The molecule has 158 valence electrons. The number of hydrogen-bond donors (Lipinski definition) is 2. The van der Waals surface area contributed by atoms with Gasteiger partial charge in [0.2, 0.25) is 10.0 Å². The molecule has 0 bridgehead atoms. The largest absolute Gasteiger partial charge is 0.357 e. The van der Waals surface area contributed by atoms with Gasteiger partial charge in [-0.1, -0.05) is 42.6 Å². The summed E-state index contributed by atoms with van der Waals surface area (Å²) in [6.07, 6.45) is 5.82. The van der Waals surface area contributed by atoms with Gasteiger partial charge in [0, 0.05) is 23.7 Å². The number of aromatic nitrogens is 1. The fourth-order valence-corrected chi connectivity index (χ4v) is 4.85. The van der Waals surface area contributed by atoms with Crippen LogP contribution in [0.15, 0.2) is 54.7 Å². The van der Waals surface area contributed by atoms with E-state index in [-0.39, 0.29) is 5.91 Å². The van der Waals surface area contributed by atoms with Crippen LogP contribution >= 0.6 is 11.6 Å². The standard InChI is InChI=1S/C22H24ClN3O3S/c1-24-21(27)22(14-15-6-7-15,16-8-10-17(23)11-9-16)26-13-12-18-19(25-30(2,28)29)4-3-5-20(18)26/h3-5,8-13,15,25H,6-7,14H2,1-2H3,(H,24,27). The van der Waals surface area contributed by atoms with E-state index < -0.39 is 15.6 Å². The molecule has 1 aromatic heterocycles. The Morgan fingerprint density at radius 3 is 2.47 bits per heavy atom. The maximum absolute atomic E-state index is 13.5. The number of carbonyl (C=O) groups is 1. The van der Waals surface area contributed by atoms with E-state index in [4.69, 9.17) is 11.6 Å². The molecule has 1 heterocycles. The van der Waals surface area contributed by atoms with Crippen LogP contribution in [0.4, 0.5) is 5.69 Å². The highest BCUT2D eigenvalue weighted by Gasteiger charge is 2.46. The molecule has 1 saturated carbocycles. The van der Waals surface area contributed by atoms with E-state index in [1.807, 2.05) is 35.0 Å². The van der Waals surface area contributed by atoms with E-state index in [2.05, 4.69) is 10.0 Å². The first-order chi connectivity index (χ1) is 14.2. The zero-order valence-corrected chi connectivity index (χ0v) is 18.4. The summed E-state index contributed by atoms with van der Waals surface area (Å²) in [6.45, 7) is 0. The smallest absolute Gasteiger partial charge is 0.250 e. The number of halogens is 1. The summed E-state index contributed by atoms with van der Waals surface area (Å²) in [4.78, 5) is 13.5. The number of hydrogen-bond acceptors (Lipinski definition) is 3. The minimum Gasteiger partial charge on any atom is -0.357 e. The number of nitrogens with one attached hydrogen (secondary N) is 2. The Morgan fingerprint density at radius 2 is 1.87 bits per heavy atom. The number of rotatable bonds is 7.